The van der Waals surface area contributed by atoms with Crippen molar-refractivity contribution in [3.05, 3.63) is 368 Å². The Morgan fingerprint density at radius 3 is 1.01 bits per heavy atom. The zero-order chi connectivity index (χ0) is 87.5. The van der Waals surface area contributed by atoms with E-state index in [9.17, 15) is 0 Å². The number of benzene rings is 13. The van der Waals surface area contributed by atoms with Gasteiger partial charge in [-0.2, -0.15) is 0 Å². The lowest BCUT2D eigenvalue weighted by atomic mass is 9.80. The molecule has 3 aliphatic rings. The molecule has 11 heterocycles. The molecule has 27 rings (SSSR count). The number of nitrogens with zero attached hydrogens (tertiary/aromatic N) is 15. The van der Waals surface area contributed by atoms with Crippen LogP contribution in [0.5, 0.6) is 0 Å². The van der Waals surface area contributed by atoms with E-state index >= 15 is 0 Å². The van der Waals surface area contributed by atoms with Crippen LogP contribution in [-0.2, 0) is 16.2 Å². The average molecular weight is 1710 g/mol. The third-order valence-corrected chi connectivity index (χ3v) is 27.4. The minimum atomic E-state index is -0.281. The summed E-state index contributed by atoms with van der Waals surface area (Å²) in [5.74, 6) is 5.78. The van der Waals surface area contributed by atoms with Crippen LogP contribution in [0.2, 0.25) is 0 Å². The number of thiophene rings is 1. The van der Waals surface area contributed by atoms with E-state index in [1.807, 2.05) is 91.0 Å². The average Bonchev–Trinajstić information content (AvgIpc) is 1.55. The van der Waals surface area contributed by atoms with E-state index in [1.54, 1.807) is 60.7 Å². The molecule has 0 bridgehead atoms. The summed E-state index contributed by atoms with van der Waals surface area (Å²) < 4.78 is 21.2. The molecule has 0 unspecified atom stereocenters. The Balaban J connectivity index is 0.000000106. The topological polar surface area (TPSA) is 233 Å². The van der Waals surface area contributed by atoms with E-state index in [1.165, 1.54) is 98.4 Å². The highest BCUT2D eigenvalue weighted by atomic mass is 32.1. The highest BCUT2D eigenvalue weighted by molar-refractivity contribution is 7.26. The van der Waals surface area contributed by atoms with Crippen LogP contribution in [0.1, 0.15) is 74.9 Å². The van der Waals surface area contributed by atoms with Crippen LogP contribution in [0, 0.1) is 0 Å². The van der Waals surface area contributed by atoms with Gasteiger partial charge in [0, 0.05) is 134 Å². The normalized spacial score (nSPS) is 13.5. The van der Waals surface area contributed by atoms with E-state index in [0.29, 0.717) is 75.5 Å². The van der Waals surface area contributed by atoms with Gasteiger partial charge in [-0.05, 0) is 181 Å². The van der Waals surface area contributed by atoms with Crippen molar-refractivity contribution in [2.45, 2.75) is 57.8 Å². The van der Waals surface area contributed by atoms with E-state index in [0.717, 1.165) is 92.9 Å². The summed E-state index contributed by atoms with van der Waals surface area (Å²) in [6.07, 6.45) is 10.3. The Morgan fingerprint density at radius 2 is 0.557 bits per heavy atom. The van der Waals surface area contributed by atoms with Gasteiger partial charge in [0.1, 0.15) is 44.9 Å². The van der Waals surface area contributed by atoms with Gasteiger partial charge in [0.05, 0.1) is 0 Å². The highest BCUT2D eigenvalue weighted by Gasteiger charge is 2.42. The fourth-order valence-electron chi connectivity index (χ4n) is 20.1. The fourth-order valence-corrected chi connectivity index (χ4v) is 21.3. The molecule has 0 amide bonds. The van der Waals surface area contributed by atoms with Crippen LogP contribution in [0.15, 0.2) is 348 Å². The van der Waals surface area contributed by atoms with Crippen molar-refractivity contribution in [2.24, 2.45) is 0 Å². The summed E-state index contributed by atoms with van der Waals surface area (Å²) in [6.45, 7) is 13.8. The molecule has 3 aliphatic carbocycles. The smallest absolute Gasteiger partial charge is 0.201 e. The zero-order valence-corrected chi connectivity index (χ0v) is 72.4. The first-order valence-electron chi connectivity index (χ1n) is 43.5. The number of pyridine rings is 2. The molecule has 0 saturated heterocycles. The number of hydrogen-bond acceptors (Lipinski definition) is 19. The predicted molar refractivity (Wildman–Crippen MR) is 520 cm³/mol. The van der Waals surface area contributed by atoms with Crippen LogP contribution in [-0.4, -0.2) is 74.8 Å². The Kier molecular flexibility index (Phi) is 17.4. The van der Waals surface area contributed by atoms with Crippen LogP contribution >= 0.6 is 11.3 Å². The second-order valence-electron chi connectivity index (χ2n) is 34.8. The maximum atomic E-state index is 6.29. The van der Waals surface area contributed by atoms with Gasteiger partial charge in [0.25, 0.3) is 0 Å². The first-order chi connectivity index (χ1) is 64.2. The van der Waals surface area contributed by atoms with Gasteiger partial charge in [-0.3, -0.25) is 9.97 Å². The highest BCUT2D eigenvalue weighted by Crippen LogP contribution is 2.58. The predicted octanol–water partition coefficient (Wildman–Crippen LogP) is 27.1. The quantitative estimate of drug-likeness (QED) is 0.131. The summed E-state index contributed by atoms with van der Waals surface area (Å²) in [5, 5.41) is 11.6. The summed E-state index contributed by atoms with van der Waals surface area (Å²) in [4.78, 5) is 71.3. The van der Waals surface area contributed by atoms with Crippen molar-refractivity contribution < 1.29 is 13.3 Å². The lowest BCUT2D eigenvalue weighted by Gasteiger charge is -2.22. The third kappa shape index (κ3) is 12.4. The first kappa shape index (κ1) is 76.6. The van der Waals surface area contributed by atoms with Crippen molar-refractivity contribution in [2.75, 3.05) is 0 Å². The van der Waals surface area contributed by atoms with Gasteiger partial charge < -0.3 is 13.3 Å². The molecule has 18 nitrogen and oxygen atoms in total. The molecule has 0 spiro atoms. The third-order valence-electron chi connectivity index (χ3n) is 26.1. The molecular formula is C112H73N15O3S. The maximum Gasteiger partial charge on any atom is 0.201 e. The molecule has 0 fully saturated rings. The fraction of sp³-hybridized carbons (Fsp3) is 0.0804. The molecule has 620 valence electrons. The number of hydrogen-bond donors (Lipinski definition) is 0. The van der Waals surface area contributed by atoms with E-state index in [2.05, 4.69) is 266 Å². The Morgan fingerprint density at radius 1 is 0.221 bits per heavy atom. The molecular weight excluding hydrogens is 1640 g/mol. The summed E-state index contributed by atoms with van der Waals surface area (Å²) in [7, 11) is 0. The van der Waals surface area contributed by atoms with Crippen molar-refractivity contribution in [1.29, 1.82) is 0 Å². The standard InChI is InChI=1S/C40H25N5OS.C38H25N5O.C34H23N5O/c1-40(2)29-21-22(15-16-23(29)25-17-18-31-33(34(25)40)27-10-3-5-13-30(27)46-31)36-43-37(45-39(44-36)38-41-19-8-20-42-38)28-12-7-11-26-24-9-4-6-14-32(24)47-35(26)28;1-38(2)29-21-23(15-16-25(29)26-17-18-31-32(33(26)38)28-12-5-6-14-30(28)44-31)34-41-35(43-37(42-34)36-39-19-8-20-40-36)27-13-7-10-22-9-3-4-11-24(22)27;1-34(2)24-19-20(13-14-21(24)22-15-16-28-29(30(22)34)23-9-3-4-12-27(23)40-28)31-37-32(25-10-5-7-17-35-25)39-33(38-31)26-11-6-8-18-36-26/h3-21H,1-2H3;3-21H,1-2H3;3-19H,1-2H3. The number of rotatable bonds is 9. The molecule has 0 aliphatic heterocycles. The van der Waals surface area contributed by atoms with Crippen molar-refractivity contribution in [1.82, 2.24) is 74.8 Å². The number of aromatic nitrogens is 15. The van der Waals surface area contributed by atoms with Crippen LogP contribution in [0.25, 0.3) is 233 Å². The molecule has 0 radical (unpaired) electrons. The maximum absolute atomic E-state index is 6.29. The van der Waals surface area contributed by atoms with Crippen molar-refractivity contribution >= 4 is 108 Å². The molecule has 11 aromatic heterocycles. The molecule has 131 heavy (non-hydrogen) atoms. The lowest BCUT2D eigenvalue weighted by molar-refractivity contribution is 0.657. The molecule has 0 saturated carbocycles. The second kappa shape index (κ2) is 29.7. The minimum absolute atomic E-state index is 0.256. The molecule has 19 heteroatoms. The van der Waals surface area contributed by atoms with Crippen molar-refractivity contribution in [3.8, 4) is 137 Å². The zero-order valence-electron chi connectivity index (χ0n) is 71.6. The minimum Gasteiger partial charge on any atom is -0.456 e. The van der Waals surface area contributed by atoms with E-state index in [-0.39, 0.29) is 16.2 Å². The van der Waals surface area contributed by atoms with E-state index in [4.69, 9.17) is 58.1 Å². The summed E-state index contributed by atoms with van der Waals surface area (Å²) in [6, 6.07) is 102. The summed E-state index contributed by atoms with van der Waals surface area (Å²) >= 11 is 1.76. The monoisotopic (exact) mass is 1710 g/mol. The van der Waals surface area contributed by atoms with Crippen molar-refractivity contribution in [3.63, 3.8) is 0 Å². The van der Waals surface area contributed by atoms with Crippen LogP contribution in [0.3, 0.4) is 0 Å². The number of furan rings is 3. The molecule has 0 atom stereocenters. The van der Waals surface area contributed by atoms with E-state index < -0.39 is 0 Å². The summed E-state index contributed by atoms with van der Waals surface area (Å²) in [5.41, 5.74) is 25.6. The van der Waals surface area contributed by atoms with Gasteiger partial charge in [-0.25, -0.2) is 64.8 Å². The van der Waals surface area contributed by atoms with Crippen LogP contribution < -0.4 is 0 Å². The van der Waals surface area contributed by atoms with Crippen LogP contribution in [0.4, 0.5) is 0 Å². The molecule has 13 aromatic carbocycles. The van der Waals surface area contributed by atoms with Gasteiger partial charge in [-0.1, -0.05) is 236 Å². The Hall–Kier alpha value is -16.8. The SMILES string of the molecule is CC1(C)c2cc(-c3nc(-c4ccccn4)nc(-c4ccccn4)n3)ccc2-c2ccc3oc4ccccc4c3c21.CC1(C)c2cc(-c3nc(-c4ncccn4)nc(-c4cccc5c4sc4ccccc45)n3)ccc2-c2ccc3oc4ccccc4c3c21.CC1(C)c2cc(-c3nc(-c4ncccn4)nc(-c4cccc5ccccc45)n3)ccc2-c2ccc3oc4ccccc4c3c21. The molecule has 24 aromatic rings. The lowest BCUT2D eigenvalue weighted by Crippen LogP contribution is -2.15. The largest absolute Gasteiger partial charge is 0.456 e. The molecule has 0 N–H and O–H groups in total. The number of para-hydroxylation sites is 3. The second-order valence-corrected chi connectivity index (χ2v) is 35.9. The van der Waals surface area contributed by atoms with Gasteiger partial charge in [0.15, 0.2) is 52.4 Å². The van der Waals surface area contributed by atoms with Gasteiger partial charge in [0.2, 0.25) is 11.6 Å². The first-order valence-corrected chi connectivity index (χ1v) is 44.3. The van der Waals surface area contributed by atoms with Gasteiger partial charge in [-0.15, -0.1) is 11.3 Å². The van der Waals surface area contributed by atoms with Gasteiger partial charge >= 0.3 is 0 Å². The number of fused-ring (bicyclic) bond motifs is 25. The Labute approximate surface area is 753 Å². The Bertz CT molecular complexity index is 8790.